The van der Waals surface area contributed by atoms with Crippen LogP contribution >= 0.6 is 7.60 Å². The van der Waals surface area contributed by atoms with Crippen LogP contribution in [0.4, 0.5) is 0 Å². The lowest BCUT2D eigenvalue weighted by atomic mass is 10.1. The Labute approximate surface area is 130 Å². The van der Waals surface area contributed by atoms with Gasteiger partial charge in [0.2, 0.25) is 0 Å². The van der Waals surface area contributed by atoms with Gasteiger partial charge in [-0.15, -0.1) is 0 Å². The van der Waals surface area contributed by atoms with E-state index in [2.05, 4.69) is 4.52 Å². The van der Waals surface area contributed by atoms with Crippen LogP contribution in [-0.2, 0) is 9.09 Å². The third kappa shape index (κ3) is 5.79. The number of hydrogen-bond donors (Lipinski definition) is 0. The first-order valence-corrected chi connectivity index (χ1v) is 8.80. The number of rotatable bonds is 9. The molecule has 124 valence electrons. The second-order valence-electron chi connectivity index (χ2n) is 5.18. The van der Waals surface area contributed by atoms with Crippen LogP contribution in [0.25, 0.3) is 0 Å². The van der Waals surface area contributed by atoms with E-state index in [4.69, 9.17) is 9.47 Å². The fourth-order valence-electron chi connectivity index (χ4n) is 1.74. The van der Waals surface area contributed by atoms with Gasteiger partial charge in [0, 0.05) is 0 Å². The highest BCUT2D eigenvalue weighted by Gasteiger charge is 2.20. The van der Waals surface area contributed by atoms with Gasteiger partial charge < -0.3 is 23.5 Å². The Hall–Kier alpha value is -1.36. The SMILES string of the molecule is CCOP(=O)([O-])CC(=O)c1cc(OC)ccc1OCC(C)C. The number of ketones is 1. The molecule has 0 aromatic heterocycles. The highest BCUT2D eigenvalue weighted by molar-refractivity contribution is 7.52. The molecule has 0 saturated heterocycles. The fraction of sp³-hybridized carbons (Fsp3) is 0.533. The summed E-state index contributed by atoms with van der Waals surface area (Å²) in [6.07, 6.45) is -0.702. The minimum Gasteiger partial charge on any atom is -0.778 e. The van der Waals surface area contributed by atoms with Gasteiger partial charge >= 0.3 is 0 Å². The van der Waals surface area contributed by atoms with Crippen LogP contribution in [0.5, 0.6) is 11.5 Å². The maximum absolute atomic E-state index is 12.3. The zero-order valence-corrected chi connectivity index (χ0v) is 14.2. The second kappa shape index (κ2) is 8.32. The van der Waals surface area contributed by atoms with Crippen LogP contribution in [0.2, 0.25) is 0 Å². The Morgan fingerprint density at radius 3 is 2.59 bits per heavy atom. The maximum atomic E-state index is 12.3. The van der Waals surface area contributed by atoms with E-state index >= 15 is 0 Å². The third-order valence-corrected chi connectivity index (χ3v) is 4.05. The van der Waals surface area contributed by atoms with Crippen molar-refractivity contribution in [1.82, 2.24) is 0 Å². The fourth-order valence-corrected chi connectivity index (χ4v) is 2.75. The number of Topliss-reactive ketones (excluding diaryl/α,β-unsaturated/α-hetero) is 1. The predicted molar refractivity (Wildman–Crippen MR) is 81.8 cm³/mol. The number of carbonyl (C=O) groups excluding carboxylic acids is 1. The molecule has 0 aliphatic heterocycles. The topological polar surface area (TPSA) is 84.9 Å². The Kier molecular flexibility index (Phi) is 7.07. The molecule has 0 aliphatic rings. The van der Waals surface area contributed by atoms with Gasteiger partial charge in [-0.2, -0.15) is 0 Å². The third-order valence-electron chi connectivity index (χ3n) is 2.72. The van der Waals surface area contributed by atoms with E-state index in [0.29, 0.717) is 18.1 Å². The van der Waals surface area contributed by atoms with E-state index < -0.39 is 19.5 Å². The molecule has 6 nitrogen and oxygen atoms in total. The Balaban J connectivity index is 3.02. The van der Waals surface area contributed by atoms with Gasteiger partial charge in [-0.25, -0.2) is 0 Å². The van der Waals surface area contributed by atoms with Crippen molar-refractivity contribution < 1.29 is 28.3 Å². The largest absolute Gasteiger partial charge is 0.778 e. The molecule has 0 aliphatic carbocycles. The molecule has 0 radical (unpaired) electrons. The summed E-state index contributed by atoms with van der Waals surface area (Å²) in [5, 5.41) is 0. The molecule has 0 spiro atoms. The summed E-state index contributed by atoms with van der Waals surface area (Å²) in [6.45, 7) is 5.94. The van der Waals surface area contributed by atoms with Crippen LogP contribution in [0.15, 0.2) is 18.2 Å². The van der Waals surface area contributed by atoms with Crippen LogP contribution < -0.4 is 14.4 Å². The van der Waals surface area contributed by atoms with Gasteiger partial charge in [0.1, 0.15) is 19.1 Å². The Bertz CT molecular complexity index is 555. The molecular weight excluding hydrogens is 307 g/mol. The molecule has 0 bridgehead atoms. The monoisotopic (exact) mass is 329 g/mol. The van der Waals surface area contributed by atoms with Crippen molar-refractivity contribution >= 4 is 13.4 Å². The molecule has 1 atom stereocenters. The summed E-state index contributed by atoms with van der Waals surface area (Å²) in [5.74, 6) is 0.497. The number of hydrogen-bond acceptors (Lipinski definition) is 6. The second-order valence-corrected chi connectivity index (χ2v) is 6.97. The minimum absolute atomic E-state index is 0.00285. The molecule has 0 fully saturated rings. The average Bonchev–Trinajstić information content (AvgIpc) is 2.44. The van der Waals surface area contributed by atoms with E-state index in [-0.39, 0.29) is 18.1 Å². The highest BCUT2D eigenvalue weighted by Crippen LogP contribution is 2.38. The highest BCUT2D eigenvalue weighted by atomic mass is 31.2. The van der Waals surface area contributed by atoms with Crippen molar-refractivity contribution in [3.63, 3.8) is 0 Å². The van der Waals surface area contributed by atoms with E-state index in [0.717, 1.165) is 0 Å². The van der Waals surface area contributed by atoms with Gasteiger partial charge in [-0.05, 0) is 31.0 Å². The van der Waals surface area contributed by atoms with Gasteiger partial charge in [-0.3, -0.25) is 4.79 Å². The lowest BCUT2D eigenvalue weighted by molar-refractivity contribution is -0.197. The van der Waals surface area contributed by atoms with E-state index in [1.54, 1.807) is 19.1 Å². The first-order valence-electron chi connectivity index (χ1n) is 7.07. The van der Waals surface area contributed by atoms with Crippen LogP contribution in [-0.4, -0.2) is 32.3 Å². The Morgan fingerprint density at radius 2 is 2.05 bits per heavy atom. The molecule has 1 aromatic rings. The zero-order chi connectivity index (χ0) is 16.8. The van der Waals surface area contributed by atoms with E-state index in [9.17, 15) is 14.3 Å². The molecule has 0 heterocycles. The maximum Gasteiger partial charge on any atom is 0.175 e. The minimum atomic E-state index is -4.19. The summed E-state index contributed by atoms with van der Waals surface area (Å²) >= 11 is 0. The molecule has 7 heteroatoms. The number of carbonyl (C=O) groups is 1. The van der Waals surface area contributed by atoms with E-state index in [1.807, 2.05) is 13.8 Å². The normalized spacial score (nSPS) is 13.7. The standard InChI is InChI=1S/C15H23O6P/c1-5-21-22(17,18)10-14(16)13-8-12(19-4)6-7-15(13)20-9-11(2)3/h6-8,11H,5,9-10H2,1-4H3,(H,17,18)/p-1. The van der Waals surface area contributed by atoms with E-state index in [1.165, 1.54) is 13.2 Å². The summed E-state index contributed by atoms with van der Waals surface area (Å²) in [4.78, 5) is 23.9. The summed E-state index contributed by atoms with van der Waals surface area (Å²) in [7, 11) is -2.72. The van der Waals surface area contributed by atoms with Crippen LogP contribution in [0, 0.1) is 5.92 Å². The molecule has 1 unspecified atom stereocenters. The van der Waals surface area contributed by atoms with Crippen LogP contribution in [0.1, 0.15) is 31.1 Å². The van der Waals surface area contributed by atoms with Gasteiger partial charge in [0.05, 0.1) is 32.0 Å². The lowest BCUT2D eigenvalue weighted by Crippen LogP contribution is -2.17. The molecule has 0 amide bonds. The van der Waals surface area contributed by atoms with Gasteiger partial charge in [-0.1, -0.05) is 13.8 Å². The predicted octanol–water partition coefficient (Wildman–Crippen LogP) is 2.50. The Morgan fingerprint density at radius 1 is 1.36 bits per heavy atom. The molecular formula is C15H22O6P-. The van der Waals surface area contributed by atoms with Crippen molar-refractivity contribution in [2.24, 2.45) is 5.92 Å². The van der Waals surface area contributed by atoms with Crippen molar-refractivity contribution in [2.45, 2.75) is 20.8 Å². The summed E-state index contributed by atoms with van der Waals surface area (Å²) < 4.78 is 26.9. The first-order chi connectivity index (χ1) is 10.3. The zero-order valence-electron chi connectivity index (χ0n) is 13.3. The smallest absolute Gasteiger partial charge is 0.175 e. The van der Waals surface area contributed by atoms with Gasteiger partial charge in [0.15, 0.2) is 5.78 Å². The molecule has 1 aromatic carbocycles. The molecule has 22 heavy (non-hydrogen) atoms. The van der Waals surface area contributed by atoms with Crippen LogP contribution in [0.3, 0.4) is 0 Å². The van der Waals surface area contributed by atoms with Crippen molar-refractivity contribution in [3.05, 3.63) is 23.8 Å². The number of benzene rings is 1. The lowest BCUT2D eigenvalue weighted by Gasteiger charge is -2.22. The summed E-state index contributed by atoms with van der Waals surface area (Å²) in [6, 6.07) is 4.74. The molecule has 0 saturated carbocycles. The average molecular weight is 329 g/mol. The first kappa shape index (κ1) is 18.7. The van der Waals surface area contributed by atoms with Crippen molar-refractivity contribution in [3.8, 4) is 11.5 Å². The number of methoxy groups -OCH3 is 1. The molecule has 0 N–H and O–H groups in total. The summed E-state index contributed by atoms with van der Waals surface area (Å²) in [5.41, 5.74) is 0.177. The number of ether oxygens (including phenoxy) is 2. The van der Waals surface area contributed by atoms with Crippen molar-refractivity contribution in [2.75, 3.05) is 26.5 Å². The van der Waals surface area contributed by atoms with Gasteiger partial charge in [0.25, 0.3) is 0 Å². The van der Waals surface area contributed by atoms with Crippen molar-refractivity contribution in [1.29, 1.82) is 0 Å². The molecule has 1 rings (SSSR count). The quantitative estimate of drug-likeness (QED) is 0.511.